The molecule has 2 aromatic carbocycles. The Kier molecular flexibility index (Phi) is 5.18. The summed E-state index contributed by atoms with van der Waals surface area (Å²) in [5.74, 6) is 1.67. The van der Waals surface area contributed by atoms with E-state index in [1.54, 1.807) is 12.4 Å². The van der Waals surface area contributed by atoms with Crippen LogP contribution in [0, 0.1) is 13.8 Å². The molecule has 6 aromatic rings. The van der Waals surface area contributed by atoms with Crippen LogP contribution in [-0.2, 0) is 5.75 Å². The summed E-state index contributed by atoms with van der Waals surface area (Å²) in [5.41, 5.74) is 5.41. The lowest BCUT2D eigenvalue weighted by Gasteiger charge is -2.12. The van der Waals surface area contributed by atoms with Crippen LogP contribution in [0.2, 0.25) is 0 Å². The fourth-order valence-electron chi connectivity index (χ4n) is 4.00. The third kappa shape index (κ3) is 3.79. The monoisotopic (exact) mass is 480 g/mol. The molecule has 0 unspecified atom stereocenters. The van der Waals surface area contributed by atoms with Crippen LogP contribution < -0.4 is 5.56 Å². The number of thioether (sulfide) groups is 1. The minimum atomic E-state index is -0.296. The maximum Gasteiger partial charge on any atom is 0.294 e. The Morgan fingerprint density at radius 1 is 1.00 bits per heavy atom. The number of hydrogen-bond donors (Lipinski definition) is 1. The molecule has 0 atom stereocenters. The molecule has 1 N–H and O–H groups in total. The molecule has 0 radical (unpaired) electrons. The number of H-pyrrole nitrogens is 1. The minimum Gasteiger partial charge on any atom is -0.449 e. The largest absolute Gasteiger partial charge is 0.449 e. The van der Waals surface area contributed by atoms with Crippen molar-refractivity contribution in [2.75, 3.05) is 0 Å². The zero-order valence-electron chi connectivity index (χ0n) is 19.0. The molecule has 0 aliphatic carbocycles. The van der Waals surface area contributed by atoms with Crippen molar-refractivity contribution in [1.82, 2.24) is 29.7 Å². The first-order valence-electron chi connectivity index (χ1n) is 11.0. The summed E-state index contributed by atoms with van der Waals surface area (Å²) >= 11 is 1.46. The molecule has 0 saturated carbocycles. The second kappa shape index (κ2) is 8.52. The van der Waals surface area contributed by atoms with E-state index in [-0.39, 0.29) is 11.1 Å². The van der Waals surface area contributed by atoms with Gasteiger partial charge in [0.2, 0.25) is 5.58 Å². The SMILES string of the molecule is Cc1ccc(-n2c(SCc3nc4c(oc5ccccc54)c(=O)[nH]3)nnc2-c2ccncc2)cc1C. The van der Waals surface area contributed by atoms with Crippen molar-refractivity contribution in [2.45, 2.75) is 24.8 Å². The van der Waals surface area contributed by atoms with Gasteiger partial charge in [-0.25, -0.2) is 4.98 Å². The first-order chi connectivity index (χ1) is 17.1. The maximum absolute atomic E-state index is 12.7. The van der Waals surface area contributed by atoms with Crippen molar-refractivity contribution >= 4 is 33.8 Å². The van der Waals surface area contributed by atoms with Gasteiger partial charge in [-0.15, -0.1) is 10.2 Å². The lowest BCUT2D eigenvalue weighted by molar-refractivity contribution is 0.660. The van der Waals surface area contributed by atoms with E-state index in [0.717, 1.165) is 22.5 Å². The van der Waals surface area contributed by atoms with Gasteiger partial charge in [0.15, 0.2) is 11.0 Å². The van der Waals surface area contributed by atoms with Crippen LogP contribution in [0.3, 0.4) is 0 Å². The highest BCUT2D eigenvalue weighted by molar-refractivity contribution is 7.98. The van der Waals surface area contributed by atoms with E-state index in [2.05, 4.69) is 52.2 Å². The van der Waals surface area contributed by atoms with E-state index < -0.39 is 0 Å². The van der Waals surface area contributed by atoms with Crippen LogP contribution in [0.15, 0.2) is 81.4 Å². The molecule has 0 spiro atoms. The lowest BCUT2D eigenvalue weighted by Crippen LogP contribution is -2.10. The number of fused-ring (bicyclic) bond motifs is 3. The molecular formula is C26H20N6O2S. The molecule has 4 heterocycles. The van der Waals surface area contributed by atoms with E-state index in [1.807, 2.05) is 41.0 Å². The number of pyridine rings is 1. The molecule has 0 aliphatic rings. The van der Waals surface area contributed by atoms with Crippen molar-refractivity contribution in [2.24, 2.45) is 0 Å². The summed E-state index contributed by atoms with van der Waals surface area (Å²) < 4.78 is 7.73. The number of aromatic nitrogens is 6. The number of benzene rings is 2. The molecule has 8 nitrogen and oxygen atoms in total. The van der Waals surface area contributed by atoms with Gasteiger partial charge in [-0.05, 0) is 61.4 Å². The Morgan fingerprint density at radius 2 is 1.83 bits per heavy atom. The maximum atomic E-state index is 12.7. The normalized spacial score (nSPS) is 11.5. The number of hydrogen-bond acceptors (Lipinski definition) is 7. The molecule has 0 aliphatic heterocycles. The summed E-state index contributed by atoms with van der Waals surface area (Å²) in [5, 5.41) is 10.5. The first kappa shape index (κ1) is 21.3. The zero-order chi connectivity index (χ0) is 23.9. The Morgan fingerprint density at radius 3 is 2.66 bits per heavy atom. The molecule has 172 valence electrons. The van der Waals surface area contributed by atoms with E-state index in [1.165, 1.54) is 22.9 Å². The highest BCUT2D eigenvalue weighted by Crippen LogP contribution is 2.30. The first-order valence-corrected chi connectivity index (χ1v) is 12.0. The Hall–Kier alpha value is -4.24. The Labute approximate surface area is 204 Å². The second-order valence-corrected chi connectivity index (χ2v) is 9.17. The van der Waals surface area contributed by atoms with Gasteiger partial charge in [-0.2, -0.15) is 0 Å². The molecule has 4 aromatic heterocycles. The second-order valence-electron chi connectivity index (χ2n) is 8.22. The molecular weight excluding hydrogens is 460 g/mol. The number of rotatable bonds is 5. The van der Waals surface area contributed by atoms with Crippen molar-refractivity contribution in [3.8, 4) is 17.1 Å². The summed E-state index contributed by atoms with van der Waals surface area (Å²) in [4.78, 5) is 24.4. The summed E-state index contributed by atoms with van der Waals surface area (Å²) in [6.07, 6.45) is 3.47. The van der Waals surface area contributed by atoms with Crippen LogP contribution in [0.5, 0.6) is 0 Å². The van der Waals surface area contributed by atoms with E-state index >= 15 is 0 Å². The van der Waals surface area contributed by atoms with Crippen molar-refractivity contribution < 1.29 is 4.42 Å². The van der Waals surface area contributed by atoms with Crippen molar-refractivity contribution in [1.29, 1.82) is 0 Å². The van der Waals surface area contributed by atoms with E-state index in [0.29, 0.717) is 27.8 Å². The number of furan rings is 1. The molecule has 6 rings (SSSR count). The van der Waals surface area contributed by atoms with Gasteiger partial charge in [-0.3, -0.25) is 14.3 Å². The number of aryl methyl sites for hydroxylation is 2. The van der Waals surface area contributed by atoms with E-state index in [4.69, 9.17) is 9.40 Å². The third-order valence-corrected chi connectivity index (χ3v) is 6.88. The average molecular weight is 481 g/mol. The quantitative estimate of drug-likeness (QED) is 0.337. The Bertz CT molecular complexity index is 1750. The van der Waals surface area contributed by atoms with Crippen LogP contribution in [-0.4, -0.2) is 29.7 Å². The number of nitrogens with one attached hydrogen (secondary N) is 1. The predicted octanol–water partition coefficient (Wildman–Crippen LogP) is 5.22. The molecule has 0 saturated heterocycles. The summed E-state index contributed by atoms with van der Waals surface area (Å²) in [7, 11) is 0. The molecule has 35 heavy (non-hydrogen) atoms. The van der Waals surface area contributed by atoms with Gasteiger partial charge in [0.1, 0.15) is 16.9 Å². The molecule has 0 fully saturated rings. The van der Waals surface area contributed by atoms with Crippen LogP contribution in [0.1, 0.15) is 17.0 Å². The number of nitrogens with zero attached hydrogens (tertiary/aromatic N) is 5. The van der Waals surface area contributed by atoms with Crippen LogP contribution >= 0.6 is 11.8 Å². The van der Waals surface area contributed by atoms with Gasteiger partial charge >= 0.3 is 0 Å². The molecule has 0 bridgehead atoms. The lowest BCUT2D eigenvalue weighted by atomic mass is 10.1. The number of para-hydroxylation sites is 1. The predicted molar refractivity (Wildman–Crippen MR) is 136 cm³/mol. The van der Waals surface area contributed by atoms with Crippen molar-refractivity contribution in [3.05, 3.63) is 94.3 Å². The summed E-state index contributed by atoms with van der Waals surface area (Å²) in [6.45, 7) is 4.17. The highest BCUT2D eigenvalue weighted by Gasteiger charge is 2.18. The average Bonchev–Trinajstić information content (AvgIpc) is 3.47. The standard InChI is InChI=1S/C26H20N6O2S/c1-15-7-8-18(13-16(15)2)32-24(17-9-11-27-12-10-17)30-31-26(32)35-14-21-28-22-19-5-3-4-6-20(19)34-23(22)25(33)29-21/h3-13H,14H2,1-2H3,(H,28,29,33). The smallest absolute Gasteiger partial charge is 0.294 e. The van der Waals surface area contributed by atoms with Crippen LogP contribution in [0.4, 0.5) is 0 Å². The fourth-order valence-corrected chi connectivity index (χ4v) is 4.82. The van der Waals surface area contributed by atoms with Gasteiger partial charge in [0.25, 0.3) is 5.56 Å². The molecule has 9 heteroatoms. The highest BCUT2D eigenvalue weighted by atomic mass is 32.2. The van der Waals surface area contributed by atoms with Crippen molar-refractivity contribution in [3.63, 3.8) is 0 Å². The third-order valence-electron chi connectivity index (χ3n) is 5.94. The Balaban J connectivity index is 1.41. The van der Waals surface area contributed by atoms with Gasteiger partial charge in [0.05, 0.1) is 11.4 Å². The fraction of sp³-hybridized carbons (Fsp3) is 0.115. The van der Waals surface area contributed by atoms with E-state index in [9.17, 15) is 4.79 Å². The minimum absolute atomic E-state index is 0.234. The summed E-state index contributed by atoms with van der Waals surface area (Å²) in [6, 6.07) is 17.6. The van der Waals surface area contributed by atoms with Gasteiger partial charge in [-0.1, -0.05) is 30.0 Å². The topological polar surface area (TPSA) is 102 Å². The number of aromatic amines is 1. The van der Waals surface area contributed by atoms with Crippen LogP contribution in [0.25, 0.3) is 39.1 Å². The molecule has 0 amide bonds. The van der Waals surface area contributed by atoms with Gasteiger partial charge < -0.3 is 9.40 Å². The van der Waals surface area contributed by atoms with Gasteiger partial charge in [0, 0.05) is 23.3 Å². The zero-order valence-corrected chi connectivity index (χ0v) is 19.8.